The van der Waals surface area contributed by atoms with Crippen molar-refractivity contribution in [3.63, 3.8) is 0 Å². The van der Waals surface area contributed by atoms with E-state index in [0.717, 1.165) is 0 Å². The molecule has 0 aromatic heterocycles. The van der Waals surface area contributed by atoms with E-state index in [1.54, 1.807) is 6.07 Å². The van der Waals surface area contributed by atoms with E-state index in [1.165, 1.54) is 25.3 Å². The number of nitrogens with zero attached hydrogens (tertiary/aromatic N) is 1. The fourth-order valence-electron chi connectivity index (χ4n) is 0.716. The van der Waals surface area contributed by atoms with Crippen molar-refractivity contribution in [1.82, 2.24) is 0 Å². The monoisotopic (exact) mass is 159 g/mol. The first-order chi connectivity index (χ1) is 5.24. The molecule has 0 aliphatic rings. The van der Waals surface area contributed by atoms with Gasteiger partial charge in [0.15, 0.2) is 0 Å². The largest absolute Gasteiger partial charge is 0.497 e. The second-order valence-electron chi connectivity index (χ2n) is 1.93. The van der Waals surface area contributed by atoms with Gasteiger partial charge in [0.05, 0.1) is 7.11 Å². The third-order valence-corrected chi connectivity index (χ3v) is 1.25. The summed E-state index contributed by atoms with van der Waals surface area (Å²) in [6, 6.07) is 5.65. The molecule has 0 amide bonds. The van der Waals surface area contributed by atoms with Crippen molar-refractivity contribution in [1.29, 1.82) is 0 Å². The molecule has 0 spiro atoms. The lowest BCUT2D eigenvalue weighted by Gasteiger charge is -2.03. The van der Waals surface area contributed by atoms with Crippen LogP contribution in [0.25, 0.3) is 0 Å². The van der Waals surface area contributed by atoms with Gasteiger partial charge in [-0.1, -0.05) is 15.0 Å². The van der Waals surface area contributed by atoms with Gasteiger partial charge in [-0.3, -0.25) is 0 Å². The van der Waals surface area contributed by atoms with Gasteiger partial charge in [-0.05, 0) is 17.5 Å². The van der Waals surface area contributed by atoms with Crippen LogP contribution in [-0.2, 0) is 0 Å². The van der Waals surface area contributed by atoms with E-state index in [2.05, 4.69) is 0 Å². The molecule has 0 fully saturated rings. The van der Waals surface area contributed by atoms with Crippen LogP contribution in [0, 0.1) is 0 Å². The average Bonchev–Trinajstić information content (AvgIpc) is 2.05. The Morgan fingerprint density at radius 2 is 2.09 bits per heavy atom. The van der Waals surface area contributed by atoms with E-state index in [9.17, 15) is 8.96 Å². The van der Waals surface area contributed by atoms with Crippen LogP contribution in [0.3, 0.4) is 0 Å². The number of hydrogen-bond acceptors (Lipinski definition) is 2. The number of halogens is 2. The molecule has 0 saturated carbocycles. The number of rotatable bonds is 2. The minimum Gasteiger partial charge on any atom is -0.497 e. The fraction of sp³-hybridized carbons (Fsp3) is 0.143. The zero-order valence-corrected chi connectivity index (χ0v) is 5.92. The first kappa shape index (κ1) is 7.78. The van der Waals surface area contributed by atoms with Gasteiger partial charge in [0.1, 0.15) is 11.4 Å². The summed E-state index contributed by atoms with van der Waals surface area (Å²) in [5.74, 6) is 0.419. The number of methoxy groups -OCH3 is 1. The molecule has 0 saturated heterocycles. The maximum atomic E-state index is 11.9. The van der Waals surface area contributed by atoms with Gasteiger partial charge in [0, 0.05) is 6.07 Å². The Balaban J connectivity index is 2.91. The van der Waals surface area contributed by atoms with Crippen molar-refractivity contribution in [2.24, 2.45) is 0 Å². The van der Waals surface area contributed by atoms with Crippen molar-refractivity contribution in [2.45, 2.75) is 0 Å². The highest BCUT2D eigenvalue weighted by Crippen LogP contribution is 2.20. The smallest absolute Gasteiger partial charge is 0.121 e. The SMILES string of the molecule is COc1cccc(N(F)F)c1. The Kier molecular flexibility index (Phi) is 2.25. The van der Waals surface area contributed by atoms with Gasteiger partial charge in [-0.15, -0.1) is 0 Å². The summed E-state index contributed by atoms with van der Waals surface area (Å²) in [6.07, 6.45) is 0. The molecule has 11 heavy (non-hydrogen) atoms. The van der Waals surface area contributed by atoms with Gasteiger partial charge < -0.3 is 4.74 Å². The highest BCUT2D eigenvalue weighted by Gasteiger charge is 2.02. The van der Waals surface area contributed by atoms with Crippen LogP contribution >= 0.6 is 0 Å². The molecule has 0 aliphatic heterocycles. The maximum absolute atomic E-state index is 11.9. The standard InChI is InChI=1S/C7H7F2NO/c1-11-7-4-2-3-6(5-7)10(8)9/h2-5H,1H3. The van der Waals surface area contributed by atoms with Crippen molar-refractivity contribution < 1.29 is 13.7 Å². The minimum atomic E-state index is -0.956. The molecule has 0 bridgehead atoms. The Bertz CT molecular complexity index is 240. The predicted octanol–water partition coefficient (Wildman–Crippen LogP) is 2.27. The summed E-state index contributed by atoms with van der Waals surface area (Å²) in [4.78, 5) is 0. The highest BCUT2D eigenvalue weighted by atomic mass is 19.4. The van der Waals surface area contributed by atoms with Crippen LogP contribution in [0.15, 0.2) is 24.3 Å². The Morgan fingerprint density at radius 3 is 2.64 bits per heavy atom. The van der Waals surface area contributed by atoms with Crippen LogP contribution in [0.4, 0.5) is 14.6 Å². The van der Waals surface area contributed by atoms with E-state index in [0.29, 0.717) is 5.75 Å². The van der Waals surface area contributed by atoms with Gasteiger partial charge in [-0.25, -0.2) is 0 Å². The molecule has 60 valence electrons. The zero-order chi connectivity index (χ0) is 8.27. The number of anilines is 1. The topological polar surface area (TPSA) is 12.5 Å². The molecule has 0 aliphatic carbocycles. The van der Waals surface area contributed by atoms with Gasteiger partial charge >= 0.3 is 0 Å². The Labute approximate surface area is 62.9 Å². The third-order valence-electron chi connectivity index (χ3n) is 1.25. The molecule has 1 aromatic rings. The summed E-state index contributed by atoms with van der Waals surface area (Å²) in [7, 11) is 1.43. The molecule has 2 nitrogen and oxygen atoms in total. The molecule has 0 heterocycles. The molecule has 0 unspecified atom stereocenters. The molecule has 0 N–H and O–H groups in total. The summed E-state index contributed by atoms with van der Waals surface area (Å²) < 4.78 is 28.5. The van der Waals surface area contributed by atoms with E-state index >= 15 is 0 Å². The van der Waals surface area contributed by atoms with Crippen LogP contribution in [0.5, 0.6) is 5.75 Å². The van der Waals surface area contributed by atoms with E-state index in [1.807, 2.05) is 0 Å². The zero-order valence-electron chi connectivity index (χ0n) is 5.92. The van der Waals surface area contributed by atoms with Crippen molar-refractivity contribution in [3.05, 3.63) is 24.3 Å². The van der Waals surface area contributed by atoms with Crippen molar-refractivity contribution >= 4 is 5.69 Å². The molecule has 0 radical (unpaired) electrons. The lowest BCUT2D eigenvalue weighted by Crippen LogP contribution is -1.95. The average molecular weight is 159 g/mol. The number of benzene rings is 1. The third kappa shape index (κ3) is 1.80. The predicted molar refractivity (Wildman–Crippen MR) is 37.7 cm³/mol. The van der Waals surface area contributed by atoms with Crippen LogP contribution in [0.2, 0.25) is 0 Å². The van der Waals surface area contributed by atoms with Crippen molar-refractivity contribution in [2.75, 3.05) is 12.5 Å². The molecule has 1 aromatic carbocycles. The summed E-state index contributed by atoms with van der Waals surface area (Å²) in [5, 5.41) is -0.956. The van der Waals surface area contributed by atoms with E-state index in [4.69, 9.17) is 4.74 Å². The van der Waals surface area contributed by atoms with Gasteiger partial charge in [-0.2, -0.15) is 0 Å². The number of hydrogen-bond donors (Lipinski definition) is 0. The summed E-state index contributed by atoms with van der Waals surface area (Å²) in [5.41, 5.74) is -0.177. The molecule has 0 atom stereocenters. The fourth-order valence-corrected chi connectivity index (χ4v) is 0.716. The first-order valence-electron chi connectivity index (χ1n) is 3.00. The summed E-state index contributed by atoms with van der Waals surface area (Å²) >= 11 is 0. The maximum Gasteiger partial charge on any atom is 0.121 e. The quantitative estimate of drug-likeness (QED) is 0.614. The molecular formula is C7H7F2NO. The normalized spacial score (nSPS) is 9.36. The van der Waals surface area contributed by atoms with Gasteiger partial charge in [0.2, 0.25) is 0 Å². The van der Waals surface area contributed by atoms with E-state index in [-0.39, 0.29) is 5.69 Å². The van der Waals surface area contributed by atoms with Crippen LogP contribution < -0.4 is 10.1 Å². The lowest BCUT2D eigenvalue weighted by molar-refractivity contribution is 0.234. The minimum absolute atomic E-state index is 0.177. The highest BCUT2D eigenvalue weighted by molar-refractivity contribution is 5.46. The van der Waals surface area contributed by atoms with Crippen LogP contribution in [0.1, 0.15) is 0 Å². The second kappa shape index (κ2) is 3.18. The number of ether oxygens (including phenoxy) is 1. The second-order valence-corrected chi connectivity index (χ2v) is 1.93. The Hall–Kier alpha value is -1.32. The van der Waals surface area contributed by atoms with Crippen molar-refractivity contribution in [3.8, 4) is 5.75 Å². The lowest BCUT2D eigenvalue weighted by atomic mass is 10.3. The van der Waals surface area contributed by atoms with Gasteiger partial charge in [0.25, 0.3) is 0 Å². The van der Waals surface area contributed by atoms with Crippen LogP contribution in [-0.4, -0.2) is 7.11 Å². The van der Waals surface area contributed by atoms with E-state index < -0.39 is 5.34 Å². The Morgan fingerprint density at radius 1 is 1.36 bits per heavy atom. The first-order valence-corrected chi connectivity index (χ1v) is 3.00. The summed E-state index contributed by atoms with van der Waals surface area (Å²) in [6.45, 7) is 0. The molecule has 1 rings (SSSR count). The molecular weight excluding hydrogens is 152 g/mol. The molecule has 4 heteroatoms.